The molecular weight excluding hydrogens is 551 g/mol. The predicted molar refractivity (Wildman–Crippen MR) is 146 cm³/mol. The third kappa shape index (κ3) is 5.51. The SMILES string of the molecule is Nc1c(NCc2cc(CNC(=O)c3cc(C(=O)NCc4ccc(C(=O)O)cc4)nc4cnnn34)ccc2F)c(=O)c1=O. The lowest BCUT2D eigenvalue weighted by Crippen LogP contribution is -2.37. The molecule has 212 valence electrons. The molecule has 0 spiro atoms. The topological polar surface area (TPSA) is 211 Å². The summed E-state index contributed by atoms with van der Waals surface area (Å²) in [6.45, 7) is -0.0593. The summed E-state index contributed by atoms with van der Waals surface area (Å²) in [4.78, 5) is 64.0. The van der Waals surface area contributed by atoms with Gasteiger partial charge in [0.15, 0.2) is 5.65 Å². The van der Waals surface area contributed by atoms with Gasteiger partial charge in [0.2, 0.25) is 0 Å². The van der Waals surface area contributed by atoms with Crippen molar-refractivity contribution >= 4 is 34.8 Å². The Labute approximate surface area is 234 Å². The number of anilines is 2. The molecule has 15 heteroatoms. The van der Waals surface area contributed by atoms with Crippen LogP contribution >= 0.6 is 0 Å². The van der Waals surface area contributed by atoms with Crippen molar-refractivity contribution < 1.29 is 23.9 Å². The molecule has 2 heterocycles. The first kappa shape index (κ1) is 27.6. The van der Waals surface area contributed by atoms with E-state index >= 15 is 0 Å². The van der Waals surface area contributed by atoms with E-state index in [9.17, 15) is 28.4 Å². The second-order valence-corrected chi connectivity index (χ2v) is 9.12. The summed E-state index contributed by atoms with van der Waals surface area (Å²) in [6, 6.07) is 11.3. The average molecular weight is 573 g/mol. The van der Waals surface area contributed by atoms with Crippen LogP contribution in [0.4, 0.5) is 15.8 Å². The number of carbonyl (C=O) groups excluding carboxylic acids is 2. The van der Waals surface area contributed by atoms with Gasteiger partial charge in [0.05, 0.1) is 11.8 Å². The highest BCUT2D eigenvalue weighted by Crippen LogP contribution is 2.16. The number of nitrogens with two attached hydrogens (primary N) is 1. The van der Waals surface area contributed by atoms with E-state index in [4.69, 9.17) is 10.8 Å². The first-order chi connectivity index (χ1) is 20.1. The fourth-order valence-corrected chi connectivity index (χ4v) is 4.05. The Kier molecular flexibility index (Phi) is 7.38. The third-order valence-electron chi connectivity index (χ3n) is 6.35. The van der Waals surface area contributed by atoms with Crippen molar-refractivity contribution in [3.05, 3.63) is 115 Å². The van der Waals surface area contributed by atoms with Gasteiger partial charge in [-0.2, -0.15) is 4.52 Å². The highest BCUT2D eigenvalue weighted by atomic mass is 19.1. The van der Waals surface area contributed by atoms with E-state index in [1.165, 1.54) is 42.6 Å². The number of carboxylic acids is 1. The van der Waals surface area contributed by atoms with Gasteiger partial charge in [-0.25, -0.2) is 14.2 Å². The molecule has 2 amide bonds. The number of aromatic nitrogens is 4. The first-order valence-corrected chi connectivity index (χ1v) is 12.3. The number of hydrogen-bond donors (Lipinski definition) is 5. The zero-order chi connectivity index (χ0) is 30.0. The molecule has 5 aromatic rings. The van der Waals surface area contributed by atoms with Gasteiger partial charge in [0.1, 0.15) is 28.6 Å². The van der Waals surface area contributed by atoms with Crippen LogP contribution in [0.5, 0.6) is 0 Å². The lowest BCUT2D eigenvalue weighted by Gasteiger charge is -2.12. The fraction of sp³-hybridized carbons (Fsp3) is 0.111. The molecule has 0 saturated carbocycles. The van der Waals surface area contributed by atoms with Gasteiger partial charge in [-0.1, -0.05) is 23.4 Å². The minimum atomic E-state index is -1.07. The Hall–Kier alpha value is -5.99. The highest BCUT2D eigenvalue weighted by molar-refractivity contribution is 5.98. The van der Waals surface area contributed by atoms with E-state index in [1.54, 1.807) is 12.1 Å². The average Bonchev–Trinajstić information content (AvgIpc) is 3.48. The number of carbonyl (C=O) groups is 3. The maximum atomic E-state index is 14.3. The van der Waals surface area contributed by atoms with Gasteiger partial charge < -0.3 is 26.8 Å². The Morgan fingerprint density at radius 1 is 0.905 bits per heavy atom. The Balaban J connectivity index is 1.26. The maximum absolute atomic E-state index is 14.3. The number of amides is 2. The summed E-state index contributed by atoms with van der Waals surface area (Å²) in [5, 5.41) is 24.6. The number of fused-ring (bicyclic) bond motifs is 1. The van der Waals surface area contributed by atoms with E-state index in [-0.39, 0.29) is 59.2 Å². The normalized spacial score (nSPS) is 11.0. The Bertz CT molecular complexity index is 1930. The lowest BCUT2D eigenvalue weighted by atomic mass is 10.1. The summed E-state index contributed by atoms with van der Waals surface area (Å²) in [6.07, 6.45) is 1.28. The largest absolute Gasteiger partial charge is 0.478 e. The zero-order valence-corrected chi connectivity index (χ0v) is 21.6. The van der Waals surface area contributed by atoms with E-state index in [1.807, 2.05) is 0 Å². The zero-order valence-electron chi connectivity index (χ0n) is 21.6. The maximum Gasteiger partial charge on any atom is 0.335 e. The van der Waals surface area contributed by atoms with E-state index in [0.29, 0.717) is 11.1 Å². The van der Waals surface area contributed by atoms with Crippen LogP contribution in [0.1, 0.15) is 48.0 Å². The number of nitrogen functional groups attached to an aromatic ring is 1. The molecule has 6 N–H and O–H groups in total. The molecule has 0 fully saturated rings. The van der Waals surface area contributed by atoms with Crippen molar-refractivity contribution in [3.63, 3.8) is 0 Å². The standard InChI is InChI=1S/C27H21FN8O6/c28-17-6-3-14(7-16(17)11-30-22-21(29)23(37)24(22)38)10-32-26(40)19-8-18(34-20-12-33-35-36(19)20)25(39)31-9-13-1-4-15(5-2-13)27(41)42/h1-8,12,30H,9-11,29H2,(H,31,39)(H,32,40)(H,41,42). The summed E-state index contributed by atoms with van der Waals surface area (Å²) in [5.41, 5.74) is 5.15. The highest BCUT2D eigenvalue weighted by Gasteiger charge is 2.20. The number of halogens is 1. The lowest BCUT2D eigenvalue weighted by molar-refractivity contribution is 0.0696. The van der Waals surface area contributed by atoms with Crippen LogP contribution < -0.4 is 32.5 Å². The van der Waals surface area contributed by atoms with Gasteiger partial charge in [-0.3, -0.25) is 19.2 Å². The van der Waals surface area contributed by atoms with Gasteiger partial charge >= 0.3 is 5.97 Å². The second kappa shape index (κ2) is 11.2. The fourth-order valence-electron chi connectivity index (χ4n) is 4.05. The smallest absolute Gasteiger partial charge is 0.335 e. The molecular formula is C27H21FN8O6. The number of aromatic carboxylic acids is 1. The van der Waals surface area contributed by atoms with Gasteiger partial charge in [0, 0.05) is 31.3 Å². The minimum Gasteiger partial charge on any atom is -0.478 e. The Morgan fingerprint density at radius 3 is 2.31 bits per heavy atom. The van der Waals surface area contributed by atoms with Gasteiger partial charge in [-0.05, 0) is 35.4 Å². The molecule has 0 bridgehead atoms. The van der Waals surface area contributed by atoms with Gasteiger partial charge in [-0.15, -0.1) is 5.10 Å². The summed E-state index contributed by atoms with van der Waals surface area (Å²) in [5.74, 6) is -2.84. The number of carboxylic acid groups (broad SMARTS) is 1. The molecule has 42 heavy (non-hydrogen) atoms. The van der Waals surface area contributed by atoms with Crippen molar-refractivity contribution in [2.75, 3.05) is 11.1 Å². The molecule has 0 aliphatic carbocycles. The predicted octanol–water partition coefficient (Wildman–Crippen LogP) is 0.612. The van der Waals surface area contributed by atoms with Crippen LogP contribution in [0.15, 0.2) is 64.3 Å². The van der Waals surface area contributed by atoms with Crippen LogP contribution in [0, 0.1) is 5.82 Å². The quantitative estimate of drug-likeness (QED) is 0.146. The molecule has 5 rings (SSSR count). The number of hydrogen-bond acceptors (Lipinski definition) is 10. The molecule has 0 unspecified atom stereocenters. The number of nitrogens with one attached hydrogen (secondary N) is 3. The molecule has 3 aromatic carbocycles. The van der Waals surface area contributed by atoms with Gasteiger partial charge in [0.25, 0.3) is 22.7 Å². The molecule has 14 nitrogen and oxygen atoms in total. The van der Waals surface area contributed by atoms with Crippen molar-refractivity contribution in [1.82, 2.24) is 30.4 Å². The summed E-state index contributed by atoms with van der Waals surface area (Å²) >= 11 is 0. The summed E-state index contributed by atoms with van der Waals surface area (Å²) < 4.78 is 15.5. The number of nitrogens with zero attached hydrogens (tertiary/aromatic N) is 4. The van der Waals surface area contributed by atoms with Crippen LogP contribution in [0.2, 0.25) is 0 Å². The minimum absolute atomic E-state index is 0.0270. The Morgan fingerprint density at radius 2 is 1.60 bits per heavy atom. The van der Waals surface area contributed by atoms with Crippen LogP contribution in [0.3, 0.4) is 0 Å². The molecule has 0 saturated heterocycles. The van der Waals surface area contributed by atoms with Crippen LogP contribution in [-0.2, 0) is 19.6 Å². The summed E-state index contributed by atoms with van der Waals surface area (Å²) in [7, 11) is 0. The van der Waals surface area contributed by atoms with Crippen molar-refractivity contribution in [1.29, 1.82) is 0 Å². The first-order valence-electron chi connectivity index (χ1n) is 12.3. The van der Waals surface area contributed by atoms with Crippen molar-refractivity contribution in [2.24, 2.45) is 0 Å². The van der Waals surface area contributed by atoms with Crippen LogP contribution in [-0.4, -0.2) is 42.7 Å². The van der Waals surface area contributed by atoms with E-state index in [0.717, 1.165) is 4.52 Å². The third-order valence-corrected chi connectivity index (χ3v) is 6.35. The number of benzene rings is 2. The van der Waals surface area contributed by atoms with E-state index < -0.39 is 34.5 Å². The monoisotopic (exact) mass is 572 g/mol. The van der Waals surface area contributed by atoms with Crippen molar-refractivity contribution in [3.8, 4) is 0 Å². The molecule has 2 aromatic heterocycles. The van der Waals surface area contributed by atoms with E-state index in [2.05, 4.69) is 31.2 Å². The van der Waals surface area contributed by atoms with Crippen molar-refractivity contribution in [2.45, 2.75) is 19.6 Å². The molecule has 0 radical (unpaired) electrons. The molecule has 0 aliphatic rings. The molecule has 0 aliphatic heterocycles. The molecule has 0 atom stereocenters. The number of rotatable bonds is 10. The second-order valence-electron chi connectivity index (χ2n) is 9.12. The van der Waals surface area contributed by atoms with Crippen LogP contribution in [0.25, 0.3) is 5.65 Å².